The van der Waals surface area contributed by atoms with E-state index in [1.54, 1.807) is 25.3 Å². The number of amides is 2. The molecule has 0 spiro atoms. The van der Waals surface area contributed by atoms with Gasteiger partial charge in [0.25, 0.3) is 0 Å². The second kappa shape index (κ2) is 6.49. The molecule has 0 bridgehead atoms. The molecule has 0 saturated carbocycles. The minimum absolute atomic E-state index is 0.0611. The fraction of sp³-hybridized carbons (Fsp3) is 0.429. The molecule has 0 aromatic heterocycles. The maximum atomic E-state index is 12.0. The highest BCUT2D eigenvalue weighted by Gasteiger charge is 2.28. The van der Waals surface area contributed by atoms with Gasteiger partial charge in [-0.1, -0.05) is 12.1 Å². The number of hydrogen-bond acceptors (Lipinski definition) is 4. The predicted octanol–water partition coefficient (Wildman–Crippen LogP) is -0.221. The molecule has 1 aliphatic rings. The van der Waals surface area contributed by atoms with E-state index < -0.39 is 5.91 Å². The van der Waals surface area contributed by atoms with Gasteiger partial charge in [-0.3, -0.25) is 9.59 Å². The number of rotatable bonds is 5. The highest BCUT2D eigenvalue weighted by molar-refractivity contribution is 5.92. The third kappa shape index (κ3) is 3.55. The molecular formula is C14H19N3O3. The Morgan fingerprint density at radius 1 is 1.50 bits per heavy atom. The van der Waals surface area contributed by atoms with Crippen LogP contribution in [0.2, 0.25) is 0 Å². The van der Waals surface area contributed by atoms with Crippen LogP contribution in [0, 0.1) is 0 Å². The Balaban J connectivity index is 1.87. The lowest BCUT2D eigenvalue weighted by molar-refractivity contribution is -0.123. The summed E-state index contributed by atoms with van der Waals surface area (Å²) in [4.78, 5) is 23.1. The summed E-state index contributed by atoms with van der Waals surface area (Å²) < 4.78 is 5.20. The normalized spacial score (nSPS) is 21.6. The van der Waals surface area contributed by atoms with Crippen LogP contribution >= 0.6 is 0 Å². The van der Waals surface area contributed by atoms with Gasteiger partial charge in [0.1, 0.15) is 0 Å². The molecule has 1 fully saturated rings. The zero-order valence-corrected chi connectivity index (χ0v) is 11.4. The van der Waals surface area contributed by atoms with Gasteiger partial charge in [0.2, 0.25) is 11.8 Å². The summed E-state index contributed by atoms with van der Waals surface area (Å²) in [6.45, 7) is 1.06. The smallest absolute Gasteiger partial charge is 0.248 e. The molecule has 0 radical (unpaired) electrons. The molecule has 1 aliphatic heterocycles. The summed E-state index contributed by atoms with van der Waals surface area (Å²) in [6.07, 6.45) is 0.757. The van der Waals surface area contributed by atoms with Gasteiger partial charge in [-0.2, -0.15) is 0 Å². The Morgan fingerprint density at radius 2 is 2.30 bits per heavy atom. The van der Waals surface area contributed by atoms with Gasteiger partial charge in [-0.05, 0) is 24.1 Å². The molecule has 2 amide bonds. The van der Waals surface area contributed by atoms with Crippen molar-refractivity contribution in [3.63, 3.8) is 0 Å². The summed E-state index contributed by atoms with van der Waals surface area (Å²) in [6, 6.07) is 6.69. The second-order valence-corrected chi connectivity index (χ2v) is 4.84. The molecule has 4 N–H and O–H groups in total. The molecule has 2 rings (SSSR count). The number of benzene rings is 1. The van der Waals surface area contributed by atoms with Crippen molar-refractivity contribution in [3.8, 4) is 0 Å². The van der Waals surface area contributed by atoms with E-state index in [0.717, 1.165) is 5.56 Å². The van der Waals surface area contributed by atoms with Crippen LogP contribution in [-0.2, 0) is 16.1 Å². The average molecular weight is 277 g/mol. The highest BCUT2D eigenvalue weighted by Crippen LogP contribution is 2.10. The van der Waals surface area contributed by atoms with E-state index in [1.807, 2.05) is 6.07 Å². The number of primary amides is 1. The van der Waals surface area contributed by atoms with Crippen LogP contribution in [0.5, 0.6) is 0 Å². The van der Waals surface area contributed by atoms with E-state index in [9.17, 15) is 9.59 Å². The summed E-state index contributed by atoms with van der Waals surface area (Å²) >= 11 is 0. The van der Waals surface area contributed by atoms with Gasteiger partial charge in [0, 0.05) is 25.8 Å². The molecule has 6 nitrogen and oxygen atoms in total. The van der Waals surface area contributed by atoms with Crippen LogP contribution in [0.15, 0.2) is 24.3 Å². The van der Waals surface area contributed by atoms with Gasteiger partial charge in [0.05, 0.1) is 12.1 Å². The maximum Gasteiger partial charge on any atom is 0.248 e. The Morgan fingerprint density at radius 3 is 2.95 bits per heavy atom. The van der Waals surface area contributed by atoms with Crippen LogP contribution in [0.25, 0.3) is 0 Å². The summed E-state index contributed by atoms with van der Waals surface area (Å²) in [5.74, 6) is -0.535. The lowest BCUT2D eigenvalue weighted by Gasteiger charge is -2.11. The first-order valence-electron chi connectivity index (χ1n) is 6.52. The highest BCUT2D eigenvalue weighted by atomic mass is 16.5. The molecule has 1 aromatic carbocycles. The molecule has 1 aromatic rings. The van der Waals surface area contributed by atoms with Crippen molar-refractivity contribution in [1.82, 2.24) is 10.6 Å². The standard InChI is InChI=1S/C14H19N3O3/c1-20-11-6-12(16-8-11)14(19)17-7-9-3-2-4-10(5-9)13(15)18/h2-5,11-12,16H,6-8H2,1H3,(H2,15,18)(H,17,19). The molecule has 20 heavy (non-hydrogen) atoms. The molecule has 1 heterocycles. The zero-order chi connectivity index (χ0) is 14.5. The molecule has 2 unspecified atom stereocenters. The topological polar surface area (TPSA) is 93.4 Å². The van der Waals surface area contributed by atoms with Gasteiger partial charge < -0.3 is 21.1 Å². The molecule has 1 saturated heterocycles. The number of methoxy groups -OCH3 is 1. The molecule has 2 atom stereocenters. The zero-order valence-electron chi connectivity index (χ0n) is 11.4. The third-order valence-electron chi connectivity index (χ3n) is 3.42. The number of carbonyl (C=O) groups is 2. The van der Waals surface area contributed by atoms with Gasteiger partial charge >= 0.3 is 0 Å². The lowest BCUT2D eigenvalue weighted by atomic mass is 10.1. The molecule has 108 valence electrons. The van der Waals surface area contributed by atoms with Crippen LogP contribution < -0.4 is 16.4 Å². The maximum absolute atomic E-state index is 12.0. The lowest BCUT2D eigenvalue weighted by Crippen LogP contribution is -2.40. The van der Waals surface area contributed by atoms with E-state index in [4.69, 9.17) is 10.5 Å². The number of nitrogens with two attached hydrogens (primary N) is 1. The van der Waals surface area contributed by atoms with E-state index in [0.29, 0.717) is 25.1 Å². The fourth-order valence-corrected chi connectivity index (χ4v) is 2.23. The Labute approximate surface area is 117 Å². The summed E-state index contributed by atoms with van der Waals surface area (Å²) in [7, 11) is 1.64. The van der Waals surface area contributed by atoms with E-state index in [2.05, 4.69) is 10.6 Å². The van der Waals surface area contributed by atoms with E-state index in [-0.39, 0.29) is 18.1 Å². The number of ether oxygens (including phenoxy) is 1. The molecule has 6 heteroatoms. The van der Waals surface area contributed by atoms with Gasteiger partial charge in [-0.15, -0.1) is 0 Å². The van der Waals surface area contributed by atoms with Gasteiger partial charge in [0.15, 0.2) is 0 Å². The van der Waals surface area contributed by atoms with Crippen LogP contribution in [0.4, 0.5) is 0 Å². The van der Waals surface area contributed by atoms with Crippen LogP contribution in [-0.4, -0.2) is 37.6 Å². The summed E-state index contributed by atoms with van der Waals surface area (Å²) in [5, 5.41) is 5.95. The molecule has 0 aliphatic carbocycles. The second-order valence-electron chi connectivity index (χ2n) is 4.84. The van der Waals surface area contributed by atoms with Crippen LogP contribution in [0.1, 0.15) is 22.3 Å². The van der Waals surface area contributed by atoms with Crippen molar-refractivity contribution in [2.24, 2.45) is 5.73 Å². The quantitative estimate of drug-likeness (QED) is 0.693. The first kappa shape index (κ1) is 14.5. The van der Waals surface area contributed by atoms with Crippen molar-refractivity contribution in [3.05, 3.63) is 35.4 Å². The van der Waals surface area contributed by atoms with Crippen LogP contribution in [0.3, 0.4) is 0 Å². The van der Waals surface area contributed by atoms with Crippen molar-refractivity contribution in [1.29, 1.82) is 0 Å². The Bertz CT molecular complexity index is 504. The monoisotopic (exact) mass is 277 g/mol. The van der Waals surface area contributed by atoms with Crippen molar-refractivity contribution in [2.45, 2.75) is 25.1 Å². The minimum Gasteiger partial charge on any atom is -0.380 e. The van der Waals surface area contributed by atoms with Crippen molar-refractivity contribution >= 4 is 11.8 Å². The van der Waals surface area contributed by atoms with E-state index >= 15 is 0 Å². The third-order valence-corrected chi connectivity index (χ3v) is 3.42. The minimum atomic E-state index is -0.474. The van der Waals surface area contributed by atoms with Crippen molar-refractivity contribution in [2.75, 3.05) is 13.7 Å². The predicted molar refractivity (Wildman–Crippen MR) is 74.0 cm³/mol. The summed E-state index contributed by atoms with van der Waals surface area (Å²) in [5.41, 5.74) is 6.50. The first-order valence-corrected chi connectivity index (χ1v) is 6.52. The number of hydrogen-bond donors (Lipinski definition) is 3. The fourth-order valence-electron chi connectivity index (χ4n) is 2.23. The number of nitrogens with one attached hydrogen (secondary N) is 2. The van der Waals surface area contributed by atoms with Crippen molar-refractivity contribution < 1.29 is 14.3 Å². The SMILES string of the molecule is COC1CNC(C(=O)NCc2cccc(C(N)=O)c2)C1. The average Bonchev–Trinajstić information content (AvgIpc) is 2.94. The number of carbonyl (C=O) groups excluding carboxylic acids is 2. The van der Waals surface area contributed by atoms with Gasteiger partial charge in [-0.25, -0.2) is 0 Å². The van der Waals surface area contributed by atoms with E-state index in [1.165, 1.54) is 0 Å². The largest absolute Gasteiger partial charge is 0.380 e. The Kier molecular flexibility index (Phi) is 4.70. The first-order chi connectivity index (χ1) is 9.60. The Hall–Kier alpha value is -1.92. The molecular weight excluding hydrogens is 258 g/mol.